The van der Waals surface area contributed by atoms with Gasteiger partial charge in [0.05, 0.1) is 25.5 Å². The number of nitrogens with zero attached hydrogens (tertiary/aromatic N) is 2. The maximum atomic E-state index is 11.0. The molecule has 150 valence electrons. The summed E-state index contributed by atoms with van der Waals surface area (Å²) in [5, 5.41) is 5.54. The zero-order chi connectivity index (χ0) is 20.1. The topological polar surface area (TPSA) is 93.2 Å². The monoisotopic (exact) mass is 376 g/mol. The Morgan fingerprint density at radius 3 is 2.33 bits per heavy atom. The van der Waals surface area contributed by atoms with Crippen molar-refractivity contribution in [1.82, 2.24) is 20.6 Å². The Kier molecular flexibility index (Phi) is 10.1. The van der Waals surface area contributed by atoms with Crippen molar-refractivity contribution in [3.8, 4) is 5.75 Å². The van der Waals surface area contributed by atoms with Gasteiger partial charge in [-0.25, -0.2) is 0 Å². The molecule has 2 rings (SSSR count). The molecule has 2 aromatic heterocycles. The molecule has 0 aromatic carbocycles. The first-order valence-corrected chi connectivity index (χ1v) is 8.92. The standard InChI is InChI=1S/C10H14N2O2.C10H14N2O.2H2/c1-3-10(13)12-6-8-4-9(14-2)7-11-5-8;1-3-10(13)11-7-9-6-4-5-8(2)12-9;;/h4-5,7H,3,6H2,1-2H3,(H,12,13);4-6H,3,7H2,1-2H3,(H,11,13);2*1H. The van der Waals surface area contributed by atoms with Crippen molar-refractivity contribution < 1.29 is 17.2 Å². The van der Waals surface area contributed by atoms with Crippen molar-refractivity contribution in [2.75, 3.05) is 7.11 Å². The van der Waals surface area contributed by atoms with E-state index in [0.29, 0.717) is 31.7 Å². The minimum absolute atomic E-state index is 0. The van der Waals surface area contributed by atoms with E-state index < -0.39 is 0 Å². The van der Waals surface area contributed by atoms with E-state index in [1.165, 1.54) is 0 Å². The molecule has 0 atom stereocenters. The highest BCUT2D eigenvalue weighted by Crippen LogP contribution is 2.09. The van der Waals surface area contributed by atoms with Crippen LogP contribution in [0, 0.1) is 6.92 Å². The number of aromatic nitrogens is 2. The van der Waals surface area contributed by atoms with Gasteiger partial charge in [-0.2, -0.15) is 0 Å². The molecule has 0 fully saturated rings. The van der Waals surface area contributed by atoms with Crippen LogP contribution in [0.3, 0.4) is 0 Å². The molecular formula is C20H32N4O3. The van der Waals surface area contributed by atoms with Gasteiger partial charge in [0.1, 0.15) is 5.75 Å². The van der Waals surface area contributed by atoms with Gasteiger partial charge in [-0.15, -0.1) is 0 Å². The highest BCUT2D eigenvalue weighted by Gasteiger charge is 1.99. The van der Waals surface area contributed by atoms with Crippen LogP contribution < -0.4 is 15.4 Å². The van der Waals surface area contributed by atoms with Gasteiger partial charge < -0.3 is 15.4 Å². The van der Waals surface area contributed by atoms with E-state index >= 15 is 0 Å². The normalized spacial score (nSPS) is 9.63. The number of hydrogen-bond acceptors (Lipinski definition) is 5. The number of methoxy groups -OCH3 is 1. The summed E-state index contributed by atoms with van der Waals surface area (Å²) >= 11 is 0. The Morgan fingerprint density at radius 2 is 1.74 bits per heavy atom. The van der Waals surface area contributed by atoms with Gasteiger partial charge in [0.15, 0.2) is 0 Å². The molecule has 0 aliphatic rings. The van der Waals surface area contributed by atoms with Crippen LogP contribution in [0.15, 0.2) is 36.7 Å². The lowest BCUT2D eigenvalue weighted by atomic mass is 10.2. The molecule has 0 aliphatic heterocycles. The first kappa shape index (κ1) is 22.1. The predicted octanol–water partition coefficient (Wildman–Crippen LogP) is 3.02. The van der Waals surface area contributed by atoms with E-state index in [2.05, 4.69) is 20.6 Å². The molecular weight excluding hydrogens is 344 g/mol. The minimum Gasteiger partial charge on any atom is -0.495 e. The van der Waals surface area contributed by atoms with E-state index in [-0.39, 0.29) is 14.7 Å². The van der Waals surface area contributed by atoms with E-state index in [4.69, 9.17) is 4.74 Å². The Balaban J connectivity index is 0. The Hall–Kier alpha value is -2.96. The average Bonchev–Trinajstić information content (AvgIpc) is 2.70. The van der Waals surface area contributed by atoms with E-state index in [9.17, 15) is 9.59 Å². The summed E-state index contributed by atoms with van der Waals surface area (Å²) < 4.78 is 5.01. The second-order valence-electron chi connectivity index (χ2n) is 5.76. The number of ether oxygens (including phenoxy) is 1. The summed E-state index contributed by atoms with van der Waals surface area (Å²) in [5.41, 5.74) is 2.82. The van der Waals surface area contributed by atoms with Crippen LogP contribution in [0.25, 0.3) is 0 Å². The summed E-state index contributed by atoms with van der Waals surface area (Å²) in [6.07, 6.45) is 4.35. The molecule has 27 heavy (non-hydrogen) atoms. The van der Waals surface area contributed by atoms with E-state index in [0.717, 1.165) is 17.0 Å². The quantitative estimate of drug-likeness (QED) is 0.775. The molecule has 2 aromatic rings. The van der Waals surface area contributed by atoms with Crippen molar-refractivity contribution >= 4 is 11.8 Å². The van der Waals surface area contributed by atoms with Crippen LogP contribution in [0.5, 0.6) is 5.75 Å². The van der Waals surface area contributed by atoms with Crippen molar-refractivity contribution in [2.24, 2.45) is 0 Å². The molecule has 7 heteroatoms. The lowest BCUT2D eigenvalue weighted by Gasteiger charge is -2.04. The largest absolute Gasteiger partial charge is 0.495 e. The number of carbonyl (C=O) groups excluding carboxylic acids is 2. The maximum absolute atomic E-state index is 11.0. The van der Waals surface area contributed by atoms with Crippen molar-refractivity contribution in [3.63, 3.8) is 0 Å². The van der Waals surface area contributed by atoms with Crippen molar-refractivity contribution in [1.29, 1.82) is 0 Å². The lowest BCUT2D eigenvalue weighted by Crippen LogP contribution is -2.22. The Labute approximate surface area is 163 Å². The summed E-state index contributed by atoms with van der Waals surface area (Å²) in [5.74, 6) is 0.796. The van der Waals surface area contributed by atoms with Crippen LogP contribution >= 0.6 is 0 Å². The van der Waals surface area contributed by atoms with Crippen LogP contribution in [0.1, 0.15) is 46.5 Å². The zero-order valence-electron chi connectivity index (χ0n) is 16.4. The summed E-state index contributed by atoms with van der Waals surface area (Å²) in [7, 11) is 1.59. The van der Waals surface area contributed by atoms with Crippen molar-refractivity contribution in [2.45, 2.75) is 46.7 Å². The fourth-order valence-corrected chi connectivity index (χ4v) is 2.01. The molecule has 0 aliphatic carbocycles. The fourth-order valence-electron chi connectivity index (χ4n) is 2.01. The van der Waals surface area contributed by atoms with Gasteiger partial charge in [-0.05, 0) is 30.7 Å². The number of nitrogens with one attached hydrogen (secondary N) is 2. The summed E-state index contributed by atoms with van der Waals surface area (Å²) in [6.45, 7) is 6.61. The number of rotatable bonds is 7. The second kappa shape index (κ2) is 12.4. The van der Waals surface area contributed by atoms with Gasteiger partial charge in [0.2, 0.25) is 11.8 Å². The smallest absolute Gasteiger partial charge is 0.220 e. The molecule has 0 bridgehead atoms. The van der Waals surface area contributed by atoms with Crippen LogP contribution in [0.2, 0.25) is 0 Å². The fraction of sp³-hybridized carbons (Fsp3) is 0.400. The molecule has 0 saturated heterocycles. The van der Waals surface area contributed by atoms with Gasteiger partial charge >= 0.3 is 0 Å². The third kappa shape index (κ3) is 9.34. The SMILES string of the molecule is CCC(=O)NCc1cccc(C)n1.CCC(=O)NCc1cncc(OC)c1.[HH].[HH]. The molecule has 2 N–H and O–H groups in total. The summed E-state index contributed by atoms with van der Waals surface area (Å²) in [6, 6.07) is 7.63. The molecule has 2 amide bonds. The number of pyridine rings is 2. The first-order chi connectivity index (χ1) is 13.0. The van der Waals surface area contributed by atoms with Crippen LogP contribution in [-0.2, 0) is 22.7 Å². The average molecular weight is 377 g/mol. The summed E-state index contributed by atoms with van der Waals surface area (Å²) in [4.78, 5) is 30.2. The Bertz CT molecular complexity index is 745. The highest BCUT2D eigenvalue weighted by molar-refractivity contribution is 5.75. The molecule has 0 unspecified atom stereocenters. The number of aryl methyl sites for hydroxylation is 1. The number of hydrogen-bond donors (Lipinski definition) is 2. The van der Waals surface area contributed by atoms with Gasteiger partial charge in [-0.1, -0.05) is 19.9 Å². The second-order valence-corrected chi connectivity index (χ2v) is 5.76. The number of carbonyl (C=O) groups is 2. The molecule has 0 saturated carbocycles. The van der Waals surface area contributed by atoms with Gasteiger partial charge in [0, 0.05) is 34.1 Å². The molecule has 2 heterocycles. The van der Waals surface area contributed by atoms with Crippen LogP contribution in [0.4, 0.5) is 0 Å². The highest BCUT2D eigenvalue weighted by atomic mass is 16.5. The molecule has 0 spiro atoms. The van der Waals surface area contributed by atoms with Crippen LogP contribution in [-0.4, -0.2) is 28.9 Å². The first-order valence-electron chi connectivity index (χ1n) is 8.92. The zero-order valence-corrected chi connectivity index (χ0v) is 16.4. The molecule has 7 nitrogen and oxygen atoms in total. The van der Waals surface area contributed by atoms with E-state index in [1.54, 1.807) is 19.5 Å². The van der Waals surface area contributed by atoms with E-state index in [1.807, 2.05) is 45.0 Å². The van der Waals surface area contributed by atoms with Gasteiger partial charge in [0.25, 0.3) is 0 Å². The molecule has 0 radical (unpaired) electrons. The Morgan fingerprint density at radius 1 is 1.07 bits per heavy atom. The lowest BCUT2D eigenvalue weighted by molar-refractivity contribution is -0.121. The predicted molar refractivity (Wildman–Crippen MR) is 108 cm³/mol. The minimum atomic E-state index is 0. The third-order valence-corrected chi connectivity index (χ3v) is 3.55. The van der Waals surface area contributed by atoms with Crippen molar-refractivity contribution in [3.05, 3.63) is 53.6 Å². The maximum Gasteiger partial charge on any atom is 0.220 e. The number of amides is 2. The van der Waals surface area contributed by atoms with Gasteiger partial charge in [-0.3, -0.25) is 19.6 Å². The third-order valence-electron chi connectivity index (χ3n) is 3.55.